The van der Waals surface area contributed by atoms with Crippen LogP contribution in [0.3, 0.4) is 0 Å². The number of rotatable bonds is 7. The Hall–Kier alpha value is -3.00. The molecule has 0 N–H and O–H groups in total. The summed E-state index contributed by atoms with van der Waals surface area (Å²) in [5.41, 5.74) is 1.57. The van der Waals surface area contributed by atoms with E-state index in [2.05, 4.69) is 0 Å². The molecule has 3 amide bonds. The number of fused-ring (bicyclic) bond motifs is 1. The lowest BCUT2D eigenvalue weighted by Crippen LogP contribution is -2.33. The number of amides is 3. The summed E-state index contributed by atoms with van der Waals surface area (Å²) in [6.45, 7) is 1.83. The van der Waals surface area contributed by atoms with Crippen LogP contribution in [0.25, 0.3) is 0 Å². The van der Waals surface area contributed by atoms with Gasteiger partial charge in [0, 0.05) is 18.5 Å². The number of ether oxygens (including phenoxy) is 1. The third-order valence-corrected chi connectivity index (χ3v) is 5.28. The molecule has 3 rings (SSSR count). The number of carbonyl (C=O) groups is 4. The first kappa shape index (κ1) is 19.8. The molecule has 0 saturated heterocycles. The van der Waals surface area contributed by atoms with Crippen LogP contribution < -0.4 is 0 Å². The summed E-state index contributed by atoms with van der Waals surface area (Å²) >= 11 is 1.54. The van der Waals surface area contributed by atoms with E-state index in [-0.39, 0.29) is 25.5 Å². The van der Waals surface area contributed by atoms with E-state index in [4.69, 9.17) is 4.74 Å². The first-order valence-electron chi connectivity index (χ1n) is 8.75. The van der Waals surface area contributed by atoms with Gasteiger partial charge in [-0.2, -0.15) is 0 Å². The fraction of sp³-hybridized carbons (Fsp3) is 0.300. The molecule has 0 spiro atoms. The van der Waals surface area contributed by atoms with Crippen LogP contribution in [-0.4, -0.2) is 53.7 Å². The van der Waals surface area contributed by atoms with Gasteiger partial charge >= 0.3 is 5.97 Å². The predicted octanol–water partition coefficient (Wildman–Crippen LogP) is 2.24. The normalized spacial score (nSPS) is 12.9. The third-order valence-electron chi connectivity index (χ3n) is 4.42. The zero-order valence-electron chi connectivity index (χ0n) is 15.6. The molecule has 146 valence electrons. The second kappa shape index (κ2) is 8.35. The Balaban J connectivity index is 1.46. The monoisotopic (exact) mass is 400 g/mol. The summed E-state index contributed by atoms with van der Waals surface area (Å²) in [6, 6.07) is 8.87. The van der Waals surface area contributed by atoms with Crippen molar-refractivity contribution in [3.8, 4) is 0 Å². The van der Waals surface area contributed by atoms with Gasteiger partial charge in [-0.15, -0.1) is 11.3 Å². The fourth-order valence-electron chi connectivity index (χ4n) is 2.86. The van der Waals surface area contributed by atoms with Crippen LogP contribution in [0, 0.1) is 6.92 Å². The van der Waals surface area contributed by atoms with Gasteiger partial charge in [0.1, 0.15) is 0 Å². The van der Waals surface area contributed by atoms with Crippen molar-refractivity contribution >= 4 is 35.0 Å². The van der Waals surface area contributed by atoms with E-state index in [1.165, 1.54) is 4.90 Å². The van der Waals surface area contributed by atoms with Crippen molar-refractivity contribution in [3.05, 3.63) is 57.3 Å². The highest BCUT2D eigenvalue weighted by molar-refractivity contribution is 7.09. The second-order valence-corrected chi connectivity index (χ2v) is 7.58. The first-order valence-corrected chi connectivity index (χ1v) is 9.63. The molecule has 2 aromatic rings. The SMILES string of the molecule is Cc1ccc2c(c1)C(=O)N(CCC(=O)OCC(=O)N(C)Cc1cccs1)C2=O. The molecule has 1 aliphatic heterocycles. The smallest absolute Gasteiger partial charge is 0.308 e. The van der Waals surface area contributed by atoms with Gasteiger partial charge in [0.15, 0.2) is 6.61 Å². The Bertz CT molecular complexity index is 923. The fourth-order valence-corrected chi connectivity index (χ4v) is 3.62. The average molecular weight is 400 g/mol. The molecule has 0 radical (unpaired) electrons. The van der Waals surface area contributed by atoms with Gasteiger partial charge in [-0.3, -0.25) is 24.1 Å². The van der Waals surface area contributed by atoms with E-state index in [9.17, 15) is 19.2 Å². The highest BCUT2D eigenvalue weighted by atomic mass is 32.1. The van der Waals surface area contributed by atoms with Crippen molar-refractivity contribution in [2.24, 2.45) is 0 Å². The third kappa shape index (κ3) is 4.28. The minimum atomic E-state index is -0.634. The van der Waals surface area contributed by atoms with Crippen LogP contribution in [0.1, 0.15) is 37.6 Å². The molecule has 7 nitrogen and oxygen atoms in total. The first-order chi connectivity index (χ1) is 13.4. The van der Waals surface area contributed by atoms with Gasteiger partial charge in [-0.1, -0.05) is 17.7 Å². The topological polar surface area (TPSA) is 84.0 Å². The van der Waals surface area contributed by atoms with Gasteiger partial charge in [-0.25, -0.2) is 0 Å². The maximum absolute atomic E-state index is 12.4. The quantitative estimate of drug-likeness (QED) is 0.526. The molecule has 1 aromatic heterocycles. The van der Waals surface area contributed by atoms with E-state index >= 15 is 0 Å². The molecule has 28 heavy (non-hydrogen) atoms. The number of esters is 1. The highest BCUT2D eigenvalue weighted by Crippen LogP contribution is 2.24. The summed E-state index contributed by atoms with van der Waals surface area (Å²) in [5, 5.41) is 1.92. The van der Waals surface area contributed by atoms with Crippen LogP contribution in [0.2, 0.25) is 0 Å². The van der Waals surface area contributed by atoms with Crippen LogP contribution in [0.15, 0.2) is 35.7 Å². The van der Waals surface area contributed by atoms with Gasteiger partial charge in [0.05, 0.1) is 24.1 Å². The Morgan fingerprint density at radius 2 is 1.89 bits per heavy atom. The van der Waals surface area contributed by atoms with Crippen molar-refractivity contribution in [1.82, 2.24) is 9.80 Å². The Kier molecular flexibility index (Phi) is 5.89. The number of imide groups is 1. The molecule has 0 unspecified atom stereocenters. The maximum atomic E-state index is 12.4. The Morgan fingerprint density at radius 3 is 2.61 bits per heavy atom. The van der Waals surface area contributed by atoms with Crippen molar-refractivity contribution in [2.75, 3.05) is 20.2 Å². The largest absolute Gasteiger partial charge is 0.456 e. The number of likely N-dealkylation sites (N-methyl/N-ethyl adjacent to an activating group) is 1. The lowest BCUT2D eigenvalue weighted by atomic mass is 10.1. The van der Waals surface area contributed by atoms with Gasteiger partial charge in [0.2, 0.25) is 0 Å². The maximum Gasteiger partial charge on any atom is 0.308 e. The zero-order chi connectivity index (χ0) is 20.3. The van der Waals surface area contributed by atoms with E-state index in [0.29, 0.717) is 17.7 Å². The number of hydrogen-bond acceptors (Lipinski definition) is 6. The van der Waals surface area contributed by atoms with Crippen LogP contribution in [0.4, 0.5) is 0 Å². The number of nitrogens with zero attached hydrogens (tertiary/aromatic N) is 2. The van der Waals surface area contributed by atoms with Gasteiger partial charge in [0.25, 0.3) is 17.7 Å². The Labute approximate surface area is 166 Å². The molecule has 1 aliphatic rings. The van der Waals surface area contributed by atoms with Crippen LogP contribution in [-0.2, 0) is 20.9 Å². The Morgan fingerprint density at radius 1 is 1.14 bits per heavy atom. The van der Waals surface area contributed by atoms with Crippen LogP contribution in [0.5, 0.6) is 0 Å². The zero-order valence-corrected chi connectivity index (χ0v) is 16.5. The molecule has 0 atom stereocenters. The molecular weight excluding hydrogens is 380 g/mol. The van der Waals surface area contributed by atoms with E-state index in [0.717, 1.165) is 15.3 Å². The molecule has 0 aliphatic carbocycles. The minimum absolute atomic E-state index is 0.0799. The number of thiophene rings is 1. The molecule has 0 fully saturated rings. The summed E-state index contributed by atoms with van der Waals surface area (Å²) in [7, 11) is 1.64. The lowest BCUT2D eigenvalue weighted by Gasteiger charge is -2.16. The molecular formula is C20H20N2O5S. The van der Waals surface area contributed by atoms with Gasteiger partial charge in [-0.05, 0) is 30.5 Å². The molecule has 1 aromatic carbocycles. The molecule has 8 heteroatoms. The van der Waals surface area contributed by atoms with Crippen LogP contribution >= 0.6 is 11.3 Å². The molecule has 0 saturated carbocycles. The minimum Gasteiger partial charge on any atom is -0.456 e. The van der Waals surface area contributed by atoms with Crippen molar-refractivity contribution in [3.63, 3.8) is 0 Å². The van der Waals surface area contributed by atoms with E-state index in [1.54, 1.807) is 36.6 Å². The second-order valence-electron chi connectivity index (χ2n) is 6.55. The van der Waals surface area contributed by atoms with E-state index < -0.39 is 17.8 Å². The number of carbonyl (C=O) groups excluding carboxylic acids is 4. The molecule has 0 bridgehead atoms. The number of benzene rings is 1. The molecule has 2 heterocycles. The lowest BCUT2D eigenvalue weighted by molar-refractivity contribution is -0.151. The highest BCUT2D eigenvalue weighted by Gasteiger charge is 2.35. The summed E-state index contributed by atoms with van der Waals surface area (Å²) < 4.78 is 4.99. The summed E-state index contributed by atoms with van der Waals surface area (Å²) in [4.78, 5) is 52.2. The number of hydrogen-bond donors (Lipinski definition) is 0. The van der Waals surface area contributed by atoms with Crippen molar-refractivity contribution in [1.29, 1.82) is 0 Å². The van der Waals surface area contributed by atoms with Crippen molar-refractivity contribution < 1.29 is 23.9 Å². The van der Waals surface area contributed by atoms with E-state index in [1.807, 2.05) is 24.4 Å². The predicted molar refractivity (Wildman–Crippen MR) is 103 cm³/mol. The summed E-state index contributed by atoms with van der Waals surface area (Å²) in [5.74, 6) is -1.79. The van der Waals surface area contributed by atoms with Crippen molar-refractivity contribution in [2.45, 2.75) is 19.9 Å². The standard InChI is InChI=1S/C20H20N2O5S/c1-13-5-6-15-16(10-13)20(26)22(19(15)25)8-7-18(24)27-12-17(23)21(2)11-14-4-3-9-28-14/h3-6,9-10H,7-8,11-12H2,1-2H3. The number of aryl methyl sites for hydroxylation is 1. The summed E-state index contributed by atoms with van der Waals surface area (Å²) in [6.07, 6.45) is -0.160. The average Bonchev–Trinajstić information content (AvgIpc) is 3.25. The van der Waals surface area contributed by atoms with Gasteiger partial charge < -0.3 is 9.64 Å².